The zero-order valence-corrected chi connectivity index (χ0v) is 18.2. The van der Waals surface area contributed by atoms with Crippen LogP contribution >= 0.6 is 0 Å². The molecule has 2 aromatic heterocycles. The van der Waals surface area contributed by atoms with Crippen LogP contribution in [0.15, 0.2) is 61.2 Å². The maximum absolute atomic E-state index is 11.4. The van der Waals surface area contributed by atoms with Gasteiger partial charge in [0.2, 0.25) is 0 Å². The number of rotatable bonds is 6. The second kappa shape index (κ2) is 8.74. The number of para-hydroxylation sites is 1. The Bertz CT molecular complexity index is 1330. The van der Waals surface area contributed by atoms with Gasteiger partial charge in [0.05, 0.1) is 28.7 Å². The molecule has 0 bridgehead atoms. The predicted octanol–water partition coefficient (Wildman–Crippen LogP) is 5.17. The molecule has 3 heterocycles. The monoisotopic (exact) mass is 441 g/mol. The number of aromatic carboxylic acids is 1. The number of pyridine rings is 1. The third kappa shape index (κ3) is 4.15. The van der Waals surface area contributed by atoms with Gasteiger partial charge in [-0.25, -0.2) is 14.8 Å². The number of carboxylic acids is 1. The van der Waals surface area contributed by atoms with Crippen molar-refractivity contribution < 1.29 is 14.6 Å². The molecule has 4 aromatic rings. The Morgan fingerprint density at radius 3 is 2.76 bits per heavy atom. The Hall–Kier alpha value is -4.20. The molecule has 1 aliphatic heterocycles. The average molecular weight is 441 g/mol. The summed E-state index contributed by atoms with van der Waals surface area (Å²) in [6.45, 7) is 3.68. The van der Waals surface area contributed by atoms with E-state index < -0.39 is 5.97 Å². The molecule has 8 nitrogen and oxygen atoms in total. The van der Waals surface area contributed by atoms with E-state index in [0.29, 0.717) is 22.9 Å². The molecule has 0 spiro atoms. The minimum Gasteiger partial charge on any atom is -0.478 e. The highest BCUT2D eigenvalue weighted by atomic mass is 16.5. The van der Waals surface area contributed by atoms with Crippen molar-refractivity contribution in [3.8, 4) is 11.5 Å². The predicted molar refractivity (Wildman–Crippen MR) is 127 cm³/mol. The molecule has 1 fully saturated rings. The Balaban J connectivity index is 1.57. The number of carboxylic acid groups (broad SMARTS) is 1. The summed E-state index contributed by atoms with van der Waals surface area (Å²) >= 11 is 0. The van der Waals surface area contributed by atoms with E-state index in [-0.39, 0.29) is 5.56 Å². The number of nitrogens with one attached hydrogen (secondary N) is 1. The van der Waals surface area contributed by atoms with E-state index in [4.69, 9.17) is 4.74 Å². The summed E-state index contributed by atoms with van der Waals surface area (Å²) in [7, 11) is 0. The number of aromatic nitrogens is 3. The molecular formula is C25H23N5O3. The number of anilines is 3. The lowest BCUT2D eigenvalue weighted by Gasteiger charge is -2.24. The van der Waals surface area contributed by atoms with Gasteiger partial charge in [-0.3, -0.25) is 4.98 Å². The maximum atomic E-state index is 11.4. The Kier molecular flexibility index (Phi) is 5.48. The lowest BCUT2D eigenvalue weighted by atomic mass is 10.1. The van der Waals surface area contributed by atoms with Crippen LogP contribution in [0.2, 0.25) is 0 Å². The number of aryl methyl sites for hydroxylation is 1. The van der Waals surface area contributed by atoms with Gasteiger partial charge < -0.3 is 20.1 Å². The van der Waals surface area contributed by atoms with Crippen LogP contribution in [-0.4, -0.2) is 39.1 Å². The molecule has 1 aliphatic rings. The number of nitrogens with zero attached hydrogens (tertiary/aromatic N) is 4. The zero-order chi connectivity index (χ0) is 22.8. The first-order valence-electron chi connectivity index (χ1n) is 10.8. The molecular weight excluding hydrogens is 418 g/mol. The summed E-state index contributed by atoms with van der Waals surface area (Å²) in [6, 6.07) is 12.9. The summed E-state index contributed by atoms with van der Waals surface area (Å²) in [4.78, 5) is 26.6. The van der Waals surface area contributed by atoms with Gasteiger partial charge in [0.25, 0.3) is 0 Å². The number of hydrogen-bond acceptors (Lipinski definition) is 7. The Morgan fingerprint density at radius 2 is 1.97 bits per heavy atom. The zero-order valence-electron chi connectivity index (χ0n) is 18.2. The van der Waals surface area contributed by atoms with Gasteiger partial charge in [-0.2, -0.15) is 0 Å². The van der Waals surface area contributed by atoms with Crippen molar-refractivity contribution in [2.45, 2.75) is 19.8 Å². The van der Waals surface area contributed by atoms with Gasteiger partial charge in [0.1, 0.15) is 17.9 Å². The van der Waals surface area contributed by atoms with Crippen LogP contribution in [0.5, 0.6) is 11.5 Å². The average Bonchev–Trinajstić information content (AvgIpc) is 3.35. The molecule has 5 rings (SSSR count). The van der Waals surface area contributed by atoms with Crippen molar-refractivity contribution in [1.29, 1.82) is 0 Å². The highest BCUT2D eigenvalue weighted by molar-refractivity contribution is 5.91. The van der Waals surface area contributed by atoms with Gasteiger partial charge >= 0.3 is 5.97 Å². The standard InChI is InChI=1S/C25H23N5O3/c1-16-13-17(7-8-18(16)25(31)32)33-23-20(5-4-6-22(23)30-11-2-3-12-30)29-24-19-9-10-26-14-21(19)27-15-28-24/h4-10,13-15H,2-3,11-12H2,1H3,(H,31,32)(H,27,28,29). The van der Waals surface area contributed by atoms with Crippen LogP contribution < -0.4 is 15.0 Å². The van der Waals surface area contributed by atoms with E-state index in [1.165, 1.54) is 6.33 Å². The first kappa shape index (κ1) is 20.7. The second-order valence-corrected chi connectivity index (χ2v) is 7.97. The smallest absolute Gasteiger partial charge is 0.335 e. The van der Waals surface area contributed by atoms with Gasteiger partial charge in [0, 0.05) is 24.7 Å². The van der Waals surface area contributed by atoms with Gasteiger partial charge in [-0.1, -0.05) is 6.07 Å². The molecule has 0 saturated carbocycles. The second-order valence-electron chi connectivity index (χ2n) is 7.97. The molecule has 8 heteroatoms. The van der Waals surface area contributed by atoms with Crippen LogP contribution in [0, 0.1) is 6.92 Å². The fourth-order valence-corrected chi connectivity index (χ4v) is 4.13. The van der Waals surface area contributed by atoms with E-state index in [2.05, 4.69) is 25.2 Å². The van der Waals surface area contributed by atoms with E-state index in [9.17, 15) is 9.90 Å². The number of fused-ring (bicyclic) bond motifs is 1. The van der Waals surface area contributed by atoms with Gasteiger partial charge in [0.15, 0.2) is 5.75 Å². The summed E-state index contributed by atoms with van der Waals surface area (Å²) in [5.41, 5.74) is 3.39. The van der Waals surface area contributed by atoms with E-state index in [1.54, 1.807) is 37.5 Å². The third-order valence-electron chi connectivity index (χ3n) is 5.78. The molecule has 0 atom stereocenters. The number of benzene rings is 2. The highest BCUT2D eigenvalue weighted by Crippen LogP contribution is 2.42. The van der Waals surface area contributed by atoms with E-state index >= 15 is 0 Å². The topological polar surface area (TPSA) is 100 Å². The summed E-state index contributed by atoms with van der Waals surface area (Å²) in [5.74, 6) is 0.943. The fourth-order valence-electron chi connectivity index (χ4n) is 4.13. The van der Waals surface area contributed by atoms with Crippen molar-refractivity contribution in [2.24, 2.45) is 0 Å². The molecule has 0 unspecified atom stereocenters. The Labute approximate surface area is 190 Å². The van der Waals surface area contributed by atoms with Crippen molar-refractivity contribution >= 4 is 34.1 Å². The summed E-state index contributed by atoms with van der Waals surface area (Å²) in [6.07, 6.45) is 7.18. The molecule has 33 heavy (non-hydrogen) atoms. The molecule has 2 aromatic carbocycles. The van der Waals surface area contributed by atoms with Crippen LogP contribution in [0.3, 0.4) is 0 Å². The maximum Gasteiger partial charge on any atom is 0.335 e. The quantitative estimate of drug-likeness (QED) is 0.423. The lowest BCUT2D eigenvalue weighted by Crippen LogP contribution is -2.18. The van der Waals surface area contributed by atoms with E-state index in [0.717, 1.165) is 48.2 Å². The number of ether oxygens (including phenoxy) is 1. The first-order valence-corrected chi connectivity index (χ1v) is 10.8. The molecule has 0 amide bonds. The minimum atomic E-state index is -0.955. The van der Waals surface area contributed by atoms with Crippen LogP contribution in [0.1, 0.15) is 28.8 Å². The minimum absolute atomic E-state index is 0.259. The van der Waals surface area contributed by atoms with Crippen LogP contribution in [0.4, 0.5) is 17.2 Å². The van der Waals surface area contributed by atoms with Gasteiger partial charge in [-0.15, -0.1) is 0 Å². The van der Waals surface area contributed by atoms with Crippen molar-refractivity contribution in [3.05, 3.63) is 72.3 Å². The summed E-state index contributed by atoms with van der Waals surface area (Å²) < 4.78 is 6.40. The Morgan fingerprint density at radius 1 is 1.12 bits per heavy atom. The largest absolute Gasteiger partial charge is 0.478 e. The molecule has 0 radical (unpaired) electrons. The lowest BCUT2D eigenvalue weighted by molar-refractivity contribution is 0.0696. The van der Waals surface area contributed by atoms with Crippen molar-refractivity contribution in [2.75, 3.05) is 23.3 Å². The summed E-state index contributed by atoms with van der Waals surface area (Å²) in [5, 5.41) is 13.6. The third-order valence-corrected chi connectivity index (χ3v) is 5.78. The number of hydrogen-bond donors (Lipinski definition) is 2. The van der Waals surface area contributed by atoms with E-state index in [1.807, 2.05) is 24.3 Å². The highest BCUT2D eigenvalue weighted by Gasteiger charge is 2.21. The fraction of sp³-hybridized carbons (Fsp3) is 0.200. The molecule has 166 valence electrons. The first-order chi connectivity index (χ1) is 16.1. The molecule has 0 aliphatic carbocycles. The van der Waals surface area contributed by atoms with Crippen molar-refractivity contribution in [3.63, 3.8) is 0 Å². The molecule has 2 N–H and O–H groups in total. The van der Waals surface area contributed by atoms with Crippen LogP contribution in [-0.2, 0) is 0 Å². The number of carbonyl (C=O) groups is 1. The van der Waals surface area contributed by atoms with Crippen LogP contribution in [0.25, 0.3) is 10.9 Å². The normalized spacial score (nSPS) is 13.3. The van der Waals surface area contributed by atoms with Crippen molar-refractivity contribution in [1.82, 2.24) is 15.0 Å². The SMILES string of the molecule is Cc1cc(Oc2c(Nc3ncnc4cnccc34)cccc2N2CCCC2)ccc1C(=O)O. The van der Waals surface area contributed by atoms with Gasteiger partial charge in [-0.05, 0) is 61.7 Å². The molecule has 1 saturated heterocycles.